The standard InChI is InChI=1S/C46H73NO2S/c1-2-11-32-28(9-1)10-7-14-33(32)29-19-21-30(22-20-29)47(31-23-24-35-34-12-3-5-17-40(34)49-43(35)27-31)39-16-8-15-36-37-25-26-42-44(46(37)50-45(36)39)38-13-4-6-18-41(38)48-42/h28-46H,1-27H2. The van der Waals surface area contributed by atoms with Crippen molar-refractivity contribution >= 4 is 11.8 Å². The van der Waals surface area contributed by atoms with Crippen molar-refractivity contribution in [3.05, 3.63) is 0 Å². The molecule has 3 saturated heterocycles. The van der Waals surface area contributed by atoms with E-state index in [1.54, 1.807) is 44.9 Å². The molecule has 8 saturated carbocycles. The van der Waals surface area contributed by atoms with E-state index in [0.717, 1.165) is 87.8 Å². The molecule has 17 unspecified atom stereocenters. The first-order valence-electron chi connectivity index (χ1n) is 23.5. The summed E-state index contributed by atoms with van der Waals surface area (Å²) in [4.78, 5) is 3.38. The Morgan fingerprint density at radius 1 is 0.360 bits per heavy atom. The molecule has 0 aromatic heterocycles. The van der Waals surface area contributed by atoms with E-state index >= 15 is 0 Å². The largest absolute Gasteiger partial charge is 0.374 e. The average molecular weight is 704 g/mol. The van der Waals surface area contributed by atoms with Crippen LogP contribution in [-0.2, 0) is 9.47 Å². The molecule has 280 valence electrons. The Morgan fingerprint density at radius 3 is 1.78 bits per heavy atom. The molecule has 50 heavy (non-hydrogen) atoms. The quantitative estimate of drug-likeness (QED) is 0.291. The molecule has 0 radical (unpaired) electrons. The highest BCUT2D eigenvalue weighted by atomic mass is 32.2. The second kappa shape index (κ2) is 14.1. The highest BCUT2D eigenvalue weighted by Crippen LogP contribution is 2.63. The molecule has 11 rings (SSSR count). The minimum absolute atomic E-state index is 0.573. The molecule has 17 atom stereocenters. The van der Waals surface area contributed by atoms with E-state index in [2.05, 4.69) is 16.7 Å². The van der Waals surface area contributed by atoms with Crippen molar-refractivity contribution in [3.8, 4) is 0 Å². The lowest BCUT2D eigenvalue weighted by atomic mass is 9.59. The lowest BCUT2D eigenvalue weighted by molar-refractivity contribution is -0.0506. The van der Waals surface area contributed by atoms with Gasteiger partial charge in [0, 0.05) is 34.5 Å². The molecule has 0 N–H and O–H groups in total. The zero-order chi connectivity index (χ0) is 32.8. The molecule has 0 aromatic carbocycles. The molecular formula is C46H73NO2S. The zero-order valence-corrected chi connectivity index (χ0v) is 32.5. The van der Waals surface area contributed by atoms with E-state index in [4.69, 9.17) is 9.47 Å². The summed E-state index contributed by atoms with van der Waals surface area (Å²) < 4.78 is 14.0. The van der Waals surface area contributed by atoms with E-state index in [1.165, 1.54) is 128 Å². The Labute approximate surface area is 310 Å². The number of nitrogens with zero attached hydrogens (tertiary/aromatic N) is 1. The summed E-state index contributed by atoms with van der Waals surface area (Å²) in [6.07, 6.45) is 42.6. The van der Waals surface area contributed by atoms with Gasteiger partial charge in [-0.25, -0.2) is 0 Å². The van der Waals surface area contributed by atoms with Crippen LogP contribution in [0, 0.1) is 59.2 Å². The van der Waals surface area contributed by atoms with Crippen LogP contribution in [0.15, 0.2) is 0 Å². The fourth-order valence-corrected chi connectivity index (χ4v) is 19.6. The third-order valence-electron chi connectivity index (χ3n) is 19.0. The summed E-state index contributed by atoms with van der Waals surface area (Å²) >= 11 is 2.59. The van der Waals surface area contributed by atoms with Gasteiger partial charge in [-0.3, -0.25) is 4.90 Å². The first-order valence-corrected chi connectivity index (χ1v) is 24.5. The van der Waals surface area contributed by atoms with Gasteiger partial charge in [0.25, 0.3) is 0 Å². The lowest BCUT2D eigenvalue weighted by Crippen LogP contribution is -2.58. The van der Waals surface area contributed by atoms with Gasteiger partial charge in [-0.2, -0.15) is 11.8 Å². The smallest absolute Gasteiger partial charge is 0.0625 e. The Kier molecular flexibility index (Phi) is 9.44. The molecule has 0 aromatic rings. The van der Waals surface area contributed by atoms with Crippen molar-refractivity contribution in [2.75, 3.05) is 0 Å². The summed E-state index contributed by atoms with van der Waals surface area (Å²) in [6, 6.07) is 2.46. The molecular weight excluding hydrogens is 631 g/mol. The van der Waals surface area contributed by atoms with Crippen LogP contribution in [0.4, 0.5) is 0 Å². The van der Waals surface area contributed by atoms with E-state index in [0.29, 0.717) is 24.4 Å². The second-order valence-corrected chi connectivity index (χ2v) is 22.2. The van der Waals surface area contributed by atoms with Gasteiger partial charge in [0.2, 0.25) is 0 Å². The predicted octanol–water partition coefficient (Wildman–Crippen LogP) is 11.2. The first kappa shape index (κ1) is 33.6. The zero-order valence-electron chi connectivity index (χ0n) is 31.7. The number of ether oxygens (including phenoxy) is 2. The number of fused-ring (bicyclic) bond motifs is 11. The van der Waals surface area contributed by atoms with Crippen molar-refractivity contribution in [1.82, 2.24) is 4.90 Å². The highest BCUT2D eigenvalue weighted by molar-refractivity contribution is 8.00. The monoisotopic (exact) mass is 704 g/mol. The van der Waals surface area contributed by atoms with Gasteiger partial charge < -0.3 is 9.47 Å². The summed E-state index contributed by atoms with van der Waals surface area (Å²) in [5.41, 5.74) is 0. The maximum absolute atomic E-state index is 7.09. The Balaban J connectivity index is 0.854. The van der Waals surface area contributed by atoms with E-state index in [-0.39, 0.29) is 0 Å². The topological polar surface area (TPSA) is 21.7 Å². The van der Waals surface area contributed by atoms with Crippen LogP contribution in [0.2, 0.25) is 0 Å². The van der Waals surface area contributed by atoms with Crippen LogP contribution in [-0.4, -0.2) is 57.9 Å². The van der Waals surface area contributed by atoms with Crippen molar-refractivity contribution in [2.45, 2.75) is 226 Å². The Bertz CT molecular complexity index is 1180. The van der Waals surface area contributed by atoms with Crippen LogP contribution >= 0.6 is 11.8 Å². The summed E-state index contributed by atoms with van der Waals surface area (Å²) in [5, 5.41) is 1.80. The maximum Gasteiger partial charge on any atom is 0.0625 e. The van der Waals surface area contributed by atoms with Crippen molar-refractivity contribution in [3.63, 3.8) is 0 Å². The van der Waals surface area contributed by atoms with Gasteiger partial charge in [0.15, 0.2) is 0 Å². The third kappa shape index (κ3) is 5.71. The molecule has 0 amide bonds. The van der Waals surface area contributed by atoms with E-state index < -0.39 is 0 Å². The Morgan fingerprint density at radius 2 is 0.920 bits per heavy atom. The summed E-state index contributed by atoms with van der Waals surface area (Å²) in [7, 11) is 0. The lowest BCUT2D eigenvalue weighted by Gasteiger charge is -2.53. The van der Waals surface area contributed by atoms with E-state index in [1.807, 2.05) is 0 Å². The number of rotatable bonds is 4. The molecule has 0 spiro atoms. The van der Waals surface area contributed by atoms with Crippen LogP contribution < -0.4 is 0 Å². The number of thioether (sulfide) groups is 1. The normalized spacial score (nSPS) is 56.0. The maximum atomic E-state index is 7.09. The van der Waals surface area contributed by atoms with Crippen molar-refractivity contribution in [2.24, 2.45) is 59.2 Å². The Hall–Kier alpha value is 0.230. The van der Waals surface area contributed by atoms with Gasteiger partial charge in [0.1, 0.15) is 0 Å². The molecule has 11 fully saturated rings. The van der Waals surface area contributed by atoms with Crippen molar-refractivity contribution < 1.29 is 9.47 Å². The molecule has 4 heteroatoms. The van der Waals surface area contributed by atoms with E-state index in [9.17, 15) is 0 Å². The highest BCUT2D eigenvalue weighted by Gasteiger charge is 2.61. The van der Waals surface area contributed by atoms with Crippen LogP contribution in [0.1, 0.15) is 173 Å². The van der Waals surface area contributed by atoms with Gasteiger partial charge in [-0.05, 0) is 162 Å². The van der Waals surface area contributed by atoms with Crippen LogP contribution in [0.25, 0.3) is 0 Å². The predicted molar refractivity (Wildman–Crippen MR) is 205 cm³/mol. The molecule has 0 bridgehead atoms. The number of hydrogen-bond donors (Lipinski definition) is 0. The molecule has 8 aliphatic carbocycles. The van der Waals surface area contributed by atoms with Gasteiger partial charge in [-0.15, -0.1) is 0 Å². The molecule has 11 aliphatic rings. The van der Waals surface area contributed by atoms with Gasteiger partial charge in [-0.1, -0.05) is 64.2 Å². The molecule has 3 nitrogen and oxygen atoms in total. The summed E-state index contributed by atoms with van der Waals surface area (Å²) in [5.74, 6) is 9.83. The molecule has 3 aliphatic heterocycles. The van der Waals surface area contributed by atoms with Gasteiger partial charge >= 0.3 is 0 Å². The van der Waals surface area contributed by atoms with Crippen molar-refractivity contribution in [1.29, 1.82) is 0 Å². The number of hydrogen-bond acceptors (Lipinski definition) is 4. The molecule has 3 heterocycles. The third-order valence-corrected chi connectivity index (χ3v) is 20.9. The van der Waals surface area contributed by atoms with Crippen LogP contribution in [0.5, 0.6) is 0 Å². The minimum Gasteiger partial charge on any atom is -0.374 e. The fraction of sp³-hybridized carbons (Fsp3) is 1.00. The fourth-order valence-electron chi connectivity index (χ4n) is 17.1. The minimum atomic E-state index is 0.573. The average Bonchev–Trinajstić information content (AvgIpc) is 3.86. The summed E-state index contributed by atoms with van der Waals surface area (Å²) in [6.45, 7) is 0. The van der Waals surface area contributed by atoms with Gasteiger partial charge in [0.05, 0.1) is 24.4 Å². The first-order chi connectivity index (χ1) is 24.8. The second-order valence-electron chi connectivity index (χ2n) is 20.8. The SMILES string of the molecule is C1CCC2C(C1)CCCC2C1CCC(N(C2CCC3C(C2)OC2CCCCC23)C2CCCC3C4CCC5OC6CCCCC6C5C4SC32)CC1. The van der Waals surface area contributed by atoms with Crippen LogP contribution in [0.3, 0.4) is 0 Å².